The lowest BCUT2D eigenvalue weighted by molar-refractivity contribution is -0.135. The average Bonchev–Trinajstić information content (AvgIpc) is 2.84. The fourth-order valence-electron chi connectivity index (χ4n) is 4.30. The summed E-state index contributed by atoms with van der Waals surface area (Å²) in [4.78, 5) is 36.0. The van der Waals surface area contributed by atoms with E-state index in [0.717, 1.165) is 53.6 Å². The Morgan fingerprint density at radius 3 is 2.45 bits per heavy atom. The number of fused-ring (bicyclic) bond motifs is 1. The summed E-state index contributed by atoms with van der Waals surface area (Å²) in [7, 11) is 1.56. The molecule has 174 valence electrons. The van der Waals surface area contributed by atoms with E-state index in [0.29, 0.717) is 18.4 Å². The summed E-state index contributed by atoms with van der Waals surface area (Å²) in [6, 6.07) is 15.6. The van der Waals surface area contributed by atoms with Crippen molar-refractivity contribution < 1.29 is 14.0 Å². The molecule has 1 N–H and O–H groups in total. The van der Waals surface area contributed by atoms with Gasteiger partial charge >= 0.3 is 5.63 Å². The molecule has 6 nitrogen and oxygen atoms in total. The van der Waals surface area contributed by atoms with Gasteiger partial charge in [0.25, 0.3) is 0 Å². The van der Waals surface area contributed by atoms with E-state index in [1.165, 1.54) is 6.42 Å². The third-order valence-corrected chi connectivity index (χ3v) is 5.99. The summed E-state index contributed by atoms with van der Waals surface area (Å²) in [6.07, 6.45) is 4.68. The Hall–Kier alpha value is -3.41. The van der Waals surface area contributed by atoms with E-state index in [9.17, 15) is 9.59 Å². The van der Waals surface area contributed by atoms with Crippen LogP contribution in [0, 0.1) is 12.8 Å². The smallest absolute Gasteiger partial charge is 0.336 e. The summed E-state index contributed by atoms with van der Waals surface area (Å²) in [5.74, 6) is 0.136. The molecule has 1 fully saturated rings. The van der Waals surface area contributed by atoms with Gasteiger partial charge in [-0.3, -0.25) is 9.59 Å². The number of likely N-dealkylation sites (tertiary alicyclic amines) is 1. The maximum absolute atomic E-state index is 12.7. The highest BCUT2D eigenvalue weighted by molar-refractivity contribution is 5.94. The van der Waals surface area contributed by atoms with E-state index in [1.807, 2.05) is 61.2 Å². The number of hydrogen-bond acceptors (Lipinski definition) is 4. The van der Waals surface area contributed by atoms with E-state index in [4.69, 9.17) is 9.21 Å². The summed E-state index contributed by atoms with van der Waals surface area (Å²) in [6.45, 7) is 5.77. The predicted octanol–water partition coefficient (Wildman–Crippen LogP) is 4.32. The van der Waals surface area contributed by atoms with E-state index in [-0.39, 0.29) is 17.5 Å². The van der Waals surface area contributed by atoms with Gasteiger partial charge in [0.1, 0.15) is 5.58 Å². The van der Waals surface area contributed by atoms with Gasteiger partial charge in [-0.1, -0.05) is 43.3 Å². The minimum Gasteiger partial charge on any atom is -0.423 e. The van der Waals surface area contributed by atoms with Gasteiger partial charge in [0, 0.05) is 43.1 Å². The molecule has 1 aliphatic heterocycles. The van der Waals surface area contributed by atoms with Crippen LogP contribution in [-0.2, 0) is 16.0 Å². The van der Waals surface area contributed by atoms with Crippen LogP contribution >= 0.6 is 0 Å². The van der Waals surface area contributed by atoms with Crippen molar-refractivity contribution in [2.75, 3.05) is 20.1 Å². The molecule has 1 saturated heterocycles. The second kappa shape index (κ2) is 11.5. The van der Waals surface area contributed by atoms with Crippen LogP contribution in [0.3, 0.4) is 0 Å². The zero-order valence-electron chi connectivity index (χ0n) is 19.6. The average molecular weight is 449 g/mol. The Balaban J connectivity index is 0.000000709. The van der Waals surface area contributed by atoms with Crippen molar-refractivity contribution in [1.29, 1.82) is 0 Å². The van der Waals surface area contributed by atoms with Gasteiger partial charge < -0.3 is 14.6 Å². The molecule has 33 heavy (non-hydrogen) atoms. The standard InChI is InChI=1S/C25H27NO3.C2H5NO/c1-17-8-4-5-9-20(17)22-16-24(27)29-23-15-19(10-11-21(22)23)14-18(2)25(28)26-12-6-3-7-13-26;1-3-2-4/h4-5,8-11,15-16,18H,3,6-7,12-14H2,1-2H3;2H,1H3,(H,3,4). The van der Waals surface area contributed by atoms with Crippen LogP contribution in [0.4, 0.5) is 0 Å². The minimum atomic E-state index is -0.356. The molecule has 6 heteroatoms. The monoisotopic (exact) mass is 448 g/mol. The molecule has 1 atom stereocenters. The van der Waals surface area contributed by atoms with Gasteiger partial charge in [-0.25, -0.2) is 4.79 Å². The molecule has 2 amide bonds. The number of amides is 2. The number of nitrogens with one attached hydrogen (secondary N) is 1. The van der Waals surface area contributed by atoms with Gasteiger partial charge in [-0.15, -0.1) is 0 Å². The lowest BCUT2D eigenvalue weighted by Crippen LogP contribution is -2.39. The van der Waals surface area contributed by atoms with Gasteiger partial charge in [0.15, 0.2) is 0 Å². The van der Waals surface area contributed by atoms with E-state index < -0.39 is 0 Å². The van der Waals surface area contributed by atoms with Crippen LogP contribution in [0.25, 0.3) is 22.1 Å². The molecule has 2 heterocycles. The molecule has 0 saturated carbocycles. The topological polar surface area (TPSA) is 79.6 Å². The SMILES string of the molecule is CNC=O.Cc1ccccc1-c1cc(=O)oc2cc(CC(C)C(=O)N3CCCCC3)ccc12. The van der Waals surface area contributed by atoms with Crippen LogP contribution in [0.15, 0.2) is 57.7 Å². The highest BCUT2D eigenvalue weighted by atomic mass is 16.4. The third kappa shape index (κ3) is 6.09. The molecule has 0 radical (unpaired) electrons. The molecule has 1 aliphatic rings. The first-order chi connectivity index (χ1) is 15.9. The zero-order valence-corrected chi connectivity index (χ0v) is 19.6. The second-order valence-electron chi connectivity index (χ2n) is 8.52. The van der Waals surface area contributed by atoms with Gasteiger partial charge in [0.05, 0.1) is 0 Å². The van der Waals surface area contributed by atoms with Crippen LogP contribution in [0.5, 0.6) is 0 Å². The fraction of sp³-hybridized carbons (Fsp3) is 0.370. The molecule has 4 rings (SSSR count). The number of carbonyl (C=O) groups is 2. The number of rotatable bonds is 5. The van der Waals surface area contributed by atoms with Gasteiger partial charge in [-0.2, -0.15) is 0 Å². The maximum Gasteiger partial charge on any atom is 0.336 e. The van der Waals surface area contributed by atoms with Crippen molar-refractivity contribution in [3.63, 3.8) is 0 Å². The number of aryl methyl sites for hydroxylation is 1. The van der Waals surface area contributed by atoms with Gasteiger partial charge in [-0.05, 0) is 55.4 Å². The lowest BCUT2D eigenvalue weighted by Gasteiger charge is -2.29. The van der Waals surface area contributed by atoms with Crippen LogP contribution in [-0.4, -0.2) is 37.4 Å². The van der Waals surface area contributed by atoms with E-state index in [1.54, 1.807) is 13.1 Å². The highest BCUT2D eigenvalue weighted by Crippen LogP contribution is 2.30. The summed E-state index contributed by atoms with van der Waals surface area (Å²) < 4.78 is 5.51. The third-order valence-electron chi connectivity index (χ3n) is 5.99. The van der Waals surface area contributed by atoms with E-state index in [2.05, 4.69) is 5.32 Å². The van der Waals surface area contributed by atoms with Crippen LogP contribution in [0.1, 0.15) is 37.3 Å². The molecule has 0 aliphatic carbocycles. The van der Waals surface area contributed by atoms with Crippen molar-refractivity contribution in [1.82, 2.24) is 10.2 Å². The maximum atomic E-state index is 12.7. The molecule has 1 aromatic heterocycles. The quantitative estimate of drug-likeness (QED) is 0.466. The molecule has 3 aromatic rings. The Morgan fingerprint density at radius 1 is 1.09 bits per heavy atom. The Morgan fingerprint density at radius 2 is 1.79 bits per heavy atom. The summed E-state index contributed by atoms with van der Waals surface area (Å²) >= 11 is 0. The Kier molecular flexibility index (Phi) is 8.41. The van der Waals surface area contributed by atoms with Crippen molar-refractivity contribution in [2.24, 2.45) is 5.92 Å². The molecule has 2 aromatic carbocycles. The number of piperidine rings is 1. The van der Waals surface area contributed by atoms with Crippen LogP contribution < -0.4 is 10.9 Å². The Labute approximate surface area is 194 Å². The fourth-order valence-corrected chi connectivity index (χ4v) is 4.30. The molecule has 0 bridgehead atoms. The molecular formula is C27H32N2O4. The van der Waals surface area contributed by atoms with Crippen LogP contribution in [0.2, 0.25) is 0 Å². The summed E-state index contributed by atoms with van der Waals surface area (Å²) in [5, 5.41) is 3.16. The summed E-state index contributed by atoms with van der Waals surface area (Å²) in [5.41, 5.74) is 4.27. The molecule has 0 spiro atoms. The van der Waals surface area contributed by atoms with Crippen molar-refractivity contribution in [3.05, 3.63) is 70.1 Å². The number of carbonyl (C=O) groups excluding carboxylic acids is 2. The first-order valence-corrected chi connectivity index (χ1v) is 11.5. The van der Waals surface area contributed by atoms with Crippen molar-refractivity contribution in [3.8, 4) is 11.1 Å². The normalized spacial score (nSPS) is 14.2. The first-order valence-electron chi connectivity index (χ1n) is 11.5. The predicted molar refractivity (Wildman–Crippen MR) is 131 cm³/mol. The number of hydrogen-bond donors (Lipinski definition) is 1. The van der Waals surface area contributed by atoms with E-state index >= 15 is 0 Å². The second-order valence-corrected chi connectivity index (χ2v) is 8.52. The first kappa shape index (κ1) is 24.2. The van der Waals surface area contributed by atoms with Gasteiger partial charge in [0.2, 0.25) is 12.3 Å². The van der Waals surface area contributed by atoms with Crippen molar-refractivity contribution >= 4 is 23.3 Å². The Bertz CT molecular complexity index is 1160. The zero-order chi connectivity index (χ0) is 23.8. The molecule has 1 unspecified atom stereocenters. The number of benzene rings is 2. The largest absolute Gasteiger partial charge is 0.423 e. The highest BCUT2D eigenvalue weighted by Gasteiger charge is 2.22. The lowest BCUT2D eigenvalue weighted by atomic mass is 9.95. The molecular weight excluding hydrogens is 416 g/mol. The minimum absolute atomic E-state index is 0.0863. The number of nitrogens with zero attached hydrogens (tertiary/aromatic N) is 1. The van der Waals surface area contributed by atoms with Crippen molar-refractivity contribution in [2.45, 2.75) is 39.5 Å².